The molecule has 2 saturated heterocycles. The van der Waals surface area contributed by atoms with E-state index in [0.29, 0.717) is 18.4 Å². The van der Waals surface area contributed by atoms with Gasteiger partial charge in [0.25, 0.3) is 0 Å². The summed E-state index contributed by atoms with van der Waals surface area (Å²) >= 11 is 0. The molecule has 2 aliphatic heterocycles. The number of aryl methyl sites for hydroxylation is 1. The zero-order valence-electron chi connectivity index (χ0n) is 15.3. The minimum absolute atomic E-state index is 0.0547. The van der Waals surface area contributed by atoms with Gasteiger partial charge in [-0.3, -0.25) is 14.9 Å². The Morgan fingerprint density at radius 3 is 2.88 bits per heavy atom. The van der Waals surface area contributed by atoms with Gasteiger partial charge in [0, 0.05) is 44.8 Å². The lowest BCUT2D eigenvalue weighted by atomic mass is 9.79. The number of nitrogens with zero attached hydrogens (tertiary/aromatic N) is 4. The van der Waals surface area contributed by atoms with Crippen LogP contribution in [0, 0.1) is 12.8 Å². The van der Waals surface area contributed by atoms with E-state index in [2.05, 4.69) is 32.0 Å². The summed E-state index contributed by atoms with van der Waals surface area (Å²) in [5.41, 5.74) is 2.25. The molecule has 6 nitrogen and oxygen atoms in total. The largest absolute Gasteiger partial charge is 0.477 e. The molecular formula is C20H26N4O2. The highest BCUT2D eigenvalue weighted by atomic mass is 16.5. The third kappa shape index (κ3) is 4.19. The monoisotopic (exact) mass is 354 g/mol. The second-order valence-corrected chi connectivity index (χ2v) is 7.53. The highest BCUT2D eigenvalue weighted by molar-refractivity contribution is 5.12. The third-order valence-corrected chi connectivity index (χ3v) is 5.28. The van der Waals surface area contributed by atoms with E-state index >= 15 is 0 Å². The summed E-state index contributed by atoms with van der Waals surface area (Å²) in [4.78, 5) is 15.0. The standard InChI is InChI=1S/C20H26N4O2/c1-16-11-22-12-19(23-16)25-8-4-17-5-9-26-20(10-17)14-24(15-20)13-18-2-6-21-7-3-18/h2-3,6-7,11-12,17H,4-5,8-10,13-15H2,1H3/t17-/m0/s1. The number of aromatic nitrogens is 3. The Morgan fingerprint density at radius 2 is 2.08 bits per heavy atom. The van der Waals surface area contributed by atoms with Crippen LogP contribution in [0.5, 0.6) is 5.88 Å². The second kappa shape index (κ2) is 7.68. The average molecular weight is 354 g/mol. The Kier molecular flexibility index (Phi) is 5.13. The number of hydrogen-bond donors (Lipinski definition) is 0. The molecule has 138 valence electrons. The zero-order valence-corrected chi connectivity index (χ0v) is 15.3. The molecule has 0 radical (unpaired) electrons. The molecule has 2 aromatic heterocycles. The summed E-state index contributed by atoms with van der Waals surface area (Å²) < 4.78 is 11.9. The fraction of sp³-hybridized carbons (Fsp3) is 0.550. The van der Waals surface area contributed by atoms with Gasteiger partial charge in [-0.05, 0) is 49.8 Å². The SMILES string of the molecule is Cc1cncc(OCC[C@H]2CCOC3(C2)CN(Cc2ccncc2)C3)n1. The van der Waals surface area contributed by atoms with Crippen molar-refractivity contribution >= 4 is 0 Å². The van der Waals surface area contributed by atoms with Crippen molar-refractivity contribution in [1.82, 2.24) is 19.9 Å². The van der Waals surface area contributed by atoms with E-state index in [-0.39, 0.29) is 5.60 Å². The minimum atomic E-state index is 0.0547. The van der Waals surface area contributed by atoms with Crippen molar-refractivity contribution in [2.75, 3.05) is 26.3 Å². The summed E-state index contributed by atoms with van der Waals surface area (Å²) in [6.07, 6.45) is 10.4. The van der Waals surface area contributed by atoms with E-state index in [0.717, 1.165) is 51.2 Å². The highest BCUT2D eigenvalue weighted by Crippen LogP contribution is 2.38. The van der Waals surface area contributed by atoms with Gasteiger partial charge in [0.1, 0.15) is 0 Å². The lowest BCUT2D eigenvalue weighted by Gasteiger charge is -2.53. The van der Waals surface area contributed by atoms with Crippen molar-refractivity contribution in [2.45, 2.75) is 38.3 Å². The van der Waals surface area contributed by atoms with Crippen molar-refractivity contribution < 1.29 is 9.47 Å². The first kappa shape index (κ1) is 17.4. The first-order chi connectivity index (χ1) is 12.7. The number of hydrogen-bond acceptors (Lipinski definition) is 6. The van der Waals surface area contributed by atoms with Crippen LogP contribution in [0.4, 0.5) is 0 Å². The summed E-state index contributed by atoms with van der Waals surface area (Å²) in [6, 6.07) is 4.17. The van der Waals surface area contributed by atoms with Crippen molar-refractivity contribution in [3.05, 3.63) is 48.2 Å². The van der Waals surface area contributed by atoms with Gasteiger partial charge < -0.3 is 9.47 Å². The smallest absolute Gasteiger partial charge is 0.232 e. The van der Waals surface area contributed by atoms with E-state index in [1.54, 1.807) is 12.4 Å². The predicted molar refractivity (Wildman–Crippen MR) is 97.8 cm³/mol. The summed E-state index contributed by atoms with van der Waals surface area (Å²) in [7, 11) is 0. The molecule has 2 fully saturated rings. The normalized spacial score (nSPS) is 22.1. The van der Waals surface area contributed by atoms with Crippen LogP contribution in [0.3, 0.4) is 0 Å². The molecule has 2 aromatic rings. The molecule has 6 heteroatoms. The van der Waals surface area contributed by atoms with Gasteiger partial charge in [0.05, 0.1) is 24.1 Å². The van der Waals surface area contributed by atoms with Crippen molar-refractivity contribution in [3.63, 3.8) is 0 Å². The van der Waals surface area contributed by atoms with Crippen LogP contribution >= 0.6 is 0 Å². The lowest BCUT2D eigenvalue weighted by Crippen LogP contribution is -2.64. The summed E-state index contributed by atoms with van der Waals surface area (Å²) in [5.74, 6) is 1.28. The van der Waals surface area contributed by atoms with Gasteiger partial charge >= 0.3 is 0 Å². The second-order valence-electron chi connectivity index (χ2n) is 7.53. The molecule has 0 aliphatic carbocycles. The molecule has 0 bridgehead atoms. The molecule has 1 atom stereocenters. The average Bonchev–Trinajstić information content (AvgIpc) is 2.62. The maximum atomic E-state index is 6.16. The molecule has 0 unspecified atom stereocenters. The Morgan fingerprint density at radius 1 is 1.23 bits per heavy atom. The Hall–Kier alpha value is -2.05. The molecule has 4 rings (SSSR count). The van der Waals surface area contributed by atoms with Gasteiger partial charge in [-0.15, -0.1) is 0 Å². The number of rotatable bonds is 6. The van der Waals surface area contributed by atoms with E-state index in [9.17, 15) is 0 Å². The molecular weight excluding hydrogens is 328 g/mol. The van der Waals surface area contributed by atoms with Crippen molar-refractivity contribution in [3.8, 4) is 5.88 Å². The van der Waals surface area contributed by atoms with E-state index < -0.39 is 0 Å². The van der Waals surface area contributed by atoms with Crippen LogP contribution < -0.4 is 4.74 Å². The Balaban J connectivity index is 1.22. The van der Waals surface area contributed by atoms with Crippen LogP contribution in [0.2, 0.25) is 0 Å². The first-order valence-corrected chi connectivity index (χ1v) is 9.37. The topological polar surface area (TPSA) is 60.4 Å². The van der Waals surface area contributed by atoms with Crippen LogP contribution in [0.1, 0.15) is 30.5 Å². The van der Waals surface area contributed by atoms with Gasteiger partial charge in [0.2, 0.25) is 5.88 Å². The summed E-state index contributed by atoms with van der Waals surface area (Å²) in [5, 5.41) is 0. The van der Waals surface area contributed by atoms with Gasteiger partial charge in [0.15, 0.2) is 0 Å². The molecule has 0 saturated carbocycles. The summed E-state index contributed by atoms with van der Waals surface area (Å²) in [6.45, 7) is 6.51. The van der Waals surface area contributed by atoms with Gasteiger partial charge in [-0.1, -0.05) is 0 Å². The number of pyridine rings is 1. The Labute approximate surface area is 154 Å². The van der Waals surface area contributed by atoms with Crippen LogP contribution in [0.25, 0.3) is 0 Å². The number of ether oxygens (including phenoxy) is 2. The maximum Gasteiger partial charge on any atom is 0.232 e. The van der Waals surface area contributed by atoms with E-state index in [1.807, 2.05) is 19.3 Å². The molecule has 2 aliphatic rings. The van der Waals surface area contributed by atoms with E-state index in [4.69, 9.17) is 9.47 Å². The first-order valence-electron chi connectivity index (χ1n) is 9.37. The van der Waals surface area contributed by atoms with Gasteiger partial charge in [-0.25, -0.2) is 4.98 Å². The van der Waals surface area contributed by atoms with Crippen molar-refractivity contribution in [2.24, 2.45) is 5.92 Å². The van der Waals surface area contributed by atoms with Crippen LogP contribution in [-0.2, 0) is 11.3 Å². The quantitative estimate of drug-likeness (QED) is 0.795. The highest BCUT2D eigenvalue weighted by Gasteiger charge is 2.47. The Bertz CT molecular complexity index is 719. The van der Waals surface area contributed by atoms with Crippen LogP contribution in [0.15, 0.2) is 36.9 Å². The molecule has 0 amide bonds. The molecule has 1 spiro atoms. The predicted octanol–water partition coefficient (Wildman–Crippen LogP) is 2.63. The molecule has 4 heterocycles. The van der Waals surface area contributed by atoms with E-state index in [1.165, 1.54) is 5.56 Å². The number of likely N-dealkylation sites (tertiary alicyclic amines) is 1. The molecule has 26 heavy (non-hydrogen) atoms. The minimum Gasteiger partial charge on any atom is -0.477 e. The zero-order chi connectivity index (χ0) is 17.8. The lowest BCUT2D eigenvalue weighted by molar-refractivity contribution is -0.182. The third-order valence-electron chi connectivity index (χ3n) is 5.28. The molecule has 0 aromatic carbocycles. The molecule has 0 N–H and O–H groups in total. The fourth-order valence-corrected chi connectivity index (χ4v) is 4.06. The maximum absolute atomic E-state index is 6.16. The fourth-order valence-electron chi connectivity index (χ4n) is 4.06. The van der Waals surface area contributed by atoms with Gasteiger partial charge in [-0.2, -0.15) is 0 Å². The van der Waals surface area contributed by atoms with Crippen LogP contribution in [-0.4, -0.2) is 51.8 Å². The van der Waals surface area contributed by atoms with Crippen molar-refractivity contribution in [1.29, 1.82) is 0 Å².